The molecule has 0 radical (unpaired) electrons. The number of amides is 2. The van der Waals surface area contributed by atoms with Gasteiger partial charge in [0, 0.05) is 23.3 Å². The highest BCUT2D eigenvalue weighted by Crippen LogP contribution is 2.16. The van der Waals surface area contributed by atoms with Crippen molar-refractivity contribution in [2.24, 2.45) is 0 Å². The topological polar surface area (TPSA) is 113 Å². The fourth-order valence-electron chi connectivity index (χ4n) is 1.41. The SMILES string of the molecule is O=C(Cc1csc(NC(=O)OCc2cccnc2)n1)NO. The van der Waals surface area contributed by atoms with Crippen LogP contribution in [0.15, 0.2) is 29.9 Å². The average Bonchev–Trinajstić information content (AvgIpc) is 2.93. The van der Waals surface area contributed by atoms with Crippen molar-refractivity contribution in [2.75, 3.05) is 5.32 Å². The Labute approximate surface area is 123 Å². The van der Waals surface area contributed by atoms with Gasteiger partial charge in [0.25, 0.3) is 0 Å². The summed E-state index contributed by atoms with van der Waals surface area (Å²) in [7, 11) is 0. The van der Waals surface area contributed by atoms with Crippen molar-refractivity contribution in [2.45, 2.75) is 13.0 Å². The molecular formula is C12H12N4O4S. The predicted octanol–water partition coefficient (Wildman–Crippen LogP) is 1.33. The fourth-order valence-corrected chi connectivity index (χ4v) is 2.10. The smallest absolute Gasteiger partial charge is 0.413 e. The minimum atomic E-state index is -0.647. The van der Waals surface area contributed by atoms with Crippen molar-refractivity contribution in [1.29, 1.82) is 0 Å². The summed E-state index contributed by atoms with van der Waals surface area (Å²) in [6.07, 6.45) is 2.51. The molecule has 0 fully saturated rings. The van der Waals surface area contributed by atoms with Crippen LogP contribution < -0.4 is 10.8 Å². The van der Waals surface area contributed by atoms with Gasteiger partial charge in [-0.05, 0) is 6.07 Å². The third kappa shape index (κ3) is 4.82. The van der Waals surface area contributed by atoms with Gasteiger partial charge in [0.2, 0.25) is 5.91 Å². The third-order valence-corrected chi connectivity index (χ3v) is 3.13. The van der Waals surface area contributed by atoms with Crippen LogP contribution in [0.4, 0.5) is 9.93 Å². The number of rotatable bonds is 5. The second-order valence-electron chi connectivity index (χ2n) is 3.92. The van der Waals surface area contributed by atoms with E-state index in [1.807, 2.05) is 0 Å². The van der Waals surface area contributed by atoms with Crippen LogP contribution in [0.25, 0.3) is 0 Å². The first-order chi connectivity index (χ1) is 10.2. The van der Waals surface area contributed by atoms with Crippen LogP contribution in [-0.2, 0) is 22.6 Å². The van der Waals surface area contributed by atoms with Crippen LogP contribution in [0, 0.1) is 0 Å². The number of anilines is 1. The van der Waals surface area contributed by atoms with Crippen LogP contribution in [0.2, 0.25) is 0 Å². The highest BCUT2D eigenvalue weighted by atomic mass is 32.1. The number of carbonyl (C=O) groups excluding carboxylic acids is 2. The molecule has 9 heteroatoms. The number of aromatic nitrogens is 2. The van der Waals surface area contributed by atoms with E-state index in [2.05, 4.69) is 15.3 Å². The zero-order valence-corrected chi connectivity index (χ0v) is 11.6. The van der Waals surface area contributed by atoms with E-state index in [1.54, 1.807) is 29.9 Å². The van der Waals surface area contributed by atoms with Crippen molar-refractivity contribution in [3.8, 4) is 0 Å². The van der Waals surface area contributed by atoms with Gasteiger partial charge in [0.05, 0.1) is 12.1 Å². The minimum Gasteiger partial charge on any atom is -0.444 e. The number of hydrogen-bond donors (Lipinski definition) is 3. The van der Waals surface area contributed by atoms with Gasteiger partial charge in [-0.2, -0.15) is 0 Å². The summed E-state index contributed by atoms with van der Waals surface area (Å²) in [6.45, 7) is 0.102. The monoisotopic (exact) mass is 308 g/mol. The Morgan fingerprint density at radius 2 is 2.29 bits per heavy atom. The van der Waals surface area contributed by atoms with Gasteiger partial charge in [-0.1, -0.05) is 6.07 Å². The van der Waals surface area contributed by atoms with Gasteiger partial charge in [0.1, 0.15) is 6.61 Å². The maximum absolute atomic E-state index is 11.6. The first-order valence-electron chi connectivity index (χ1n) is 5.87. The lowest BCUT2D eigenvalue weighted by Crippen LogP contribution is -2.20. The molecular weight excluding hydrogens is 296 g/mol. The Balaban J connectivity index is 1.81. The maximum atomic E-state index is 11.6. The molecule has 110 valence electrons. The Morgan fingerprint density at radius 1 is 1.43 bits per heavy atom. The molecule has 3 N–H and O–H groups in total. The largest absolute Gasteiger partial charge is 0.444 e. The van der Waals surface area contributed by atoms with Gasteiger partial charge in [-0.3, -0.25) is 20.3 Å². The zero-order chi connectivity index (χ0) is 15.1. The highest BCUT2D eigenvalue weighted by Gasteiger charge is 2.10. The van der Waals surface area contributed by atoms with E-state index in [4.69, 9.17) is 9.94 Å². The van der Waals surface area contributed by atoms with Gasteiger partial charge in [0.15, 0.2) is 5.13 Å². The molecule has 2 heterocycles. The Bertz CT molecular complexity index is 617. The number of carbonyl (C=O) groups is 2. The molecule has 0 aliphatic carbocycles. The van der Waals surface area contributed by atoms with Crippen LogP contribution in [0.5, 0.6) is 0 Å². The average molecular weight is 308 g/mol. The molecule has 0 atom stereocenters. The Hall–Kier alpha value is -2.52. The highest BCUT2D eigenvalue weighted by molar-refractivity contribution is 7.13. The second-order valence-corrected chi connectivity index (χ2v) is 4.78. The van der Waals surface area contributed by atoms with Gasteiger partial charge in [-0.15, -0.1) is 11.3 Å². The standard InChI is InChI=1S/C12H12N4O4S/c17-10(16-19)4-9-7-21-11(14-9)15-12(18)20-6-8-2-1-3-13-5-8/h1-3,5,7,19H,4,6H2,(H,16,17)(H,14,15,18). The molecule has 0 aliphatic rings. The summed E-state index contributed by atoms with van der Waals surface area (Å²) in [5, 5.41) is 12.8. The molecule has 2 aromatic heterocycles. The lowest BCUT2D eigenvalue weighted by molar-refractivity contribution is -0.128. The molecule has 0 bridgehead atoms. The van der Waals surface area contributed by atoms with Gasteiger partial charge >= 0.3 is 6.09 Å². The summed E-state index contributed by atoms with van der Waals surface area (Å²) in [5.41, 5.74) is 2.72. The molecule has 21 heavy (non-hydrogen) atoms. The first-order valence-corrected chi connectivity index (χ1v) is 6.75. The third-order valence-electron chi connectivity index (χ3n) is 2.32. The molecule has 2 aromatic rings. The van der Waals surface area contributed by atoms with Crippen LogP contribution in [0.1, 0.15) is 11.3 Å². The normalized spacial score (nSPS) is 9.95. The maximum Gasteiger partial charge on any atom is 0.413 e. The zero-order valence-electron chi connectivity index (χ0n) is 10.8. The molecule has 0 aromatic carbocycles. The van der Waals surface area contributed by atoms with Crippen molar-refractivity contribution in [1.82, 2.24) is 15.4 Å². The number of nitrogens with zero attached hydrogens (tertiary/aromatic N) is 2. The van der Waals surface area contributed by atoms with Crippen molar-refractivity contribution in [3.63, 3.8) is 0 Å². The van der Waals surface area contributed by atoms with Gasteiger partial charge in [-0.25, -0.2) is 15.3 Å². The van der Waals surface area contributed by atoms with E-state index < -0.39 is 12.0 Å². The molecule has 8 nitrogen and oxygen atoms in total. The number of ether oxygens (including phenoxy) is 1. The Morgan fingerprint density at radius 3 is 3.00 bits per heavy atom. The number of hydrogen-bond acceptors (Lipinski definition) is 7. The fraction of sp³-hybridized carbons (Fsp3) is 0.167. The van der Waals surface area contributed by atoms with Crippen LogP contribution in [-0.4, -0.2) is 27.2 Å². The molecule has 2 rings (SSSR count). The molecule has 2 amide bonds. The summed E-state index contributed by atoms with van der Waals surface area (Å²) in [6, 6.07) is 3.53. The predicted molar refractivity (Wildman–Crippen MR) is 73.8 cm³/mol. The van der Waals surface area contributed by atoms with Gasteiger partial charge < -0.3 is 4.74 Å². The van der Waals surface area contributed by atoms with Crippen molar-refractivity contribution < 1.29 is 19.5 Å². The molecule has 0 saturated carbocycles. The molecule has 0 unspecified atom stereocenters. The van der Waals surface area contributed by atoms with Crippen LogP contribution in [0.3, 0.4) is 0 Å². The molecule has 0 aliphatic heterocycles. The van der Waals surface area contributed by atoms with E-state index in [1.165, 1.54) is 5.48 Å². The van der Waals surface area contributed by atoms with E-state index in [0.717, 1.165) is 16.9 Å². The number of nitrogens with one attached hydrogen (secondary N) is 2. The van der Waals surface area contributed by atoms with E-state index in [-0.39, 0.29) is 13.0 Å². The van der Waals surface area contributed by atoms with Crippen molar-refractivity contribution in [3.05, 3.63) is 41.2 Å². The number of thiazole rings is 1. The number of pyridine rings is 1. The minimum absolute atomic E-state index is 0.0700. The lowest BCUT2D eigenvalue weighted by Gasteiger charge is -2.04. The molecule has 0 saturated heterocycles. The van der Waals surface area contributed by atoms with E-state index in [0.29, 0.717) is 10.8 Å². The summed E-state index contributed by atoms with van der Waals surface area (Å²) in [5.74, 6) is -0.578. The lowest BCUT2D eigenvalue weighted by atomic mass is 10.3. The summed E-state index contributed by atoms with van der Waals surface area (Å²) in [4.78, 5) is 30.4. The summed E-state index contributed by atoms with van der Waals surface area (Å²) < 4.78 is 5.00. The van der Waals surface area contributed by atoms with E-state index >= 15 is 0 Å². The quantitative estimate of drug-likeness (QED) is 0.567. The summed E-state index contributed by atoms with van der Waals surface area (Å²) >= 11 is 1.15. The Kier molecular flexibility index (Phi) is 5.18. The van der Waals surface area contributed by atoms with Crippen LogP contribution >= 0.6 is 11.3 Å². The molecule has 0 spiro atoms. The number of hydroxylamine groups is 1. The van der Waals surface area contributed by atoms with E-state index in [9.17, 15) is 9.59 Å². The second kappa shape index (κ2) is 7.31. The first kappa shape index (κ1) is 14.9. The van der Waals surface area contributed by atoms with Crippen molar-refractivity contribution >= 4 is 28.5 Å².